The summed E-state index contributed by atoms with van der Waals surface area (Å²) < 4.78 is 11.5. The highest BCUT2D eigenvalue weighted by molar-refractivity contribution is 5.68. The zero-order chi connectivity index (χ0) is 24.4. The summed E-state index contributed by atoms with van der Waals surface area (Å²) >= 11 is 0. The fourth-order valence-corrected chi connectivity index (χ4v) is 4.45. The van der Waals surface area contributed by atoms with E-state index in [4.69, 9.17) is 9.47 Å². The number of rotatable bonds is 17. The van der Waals surface area contributed by atoms with Gasteiger partial charge in [-0.3, -0.25) is 0 Å². The van der Waals surface area contributed by atoms with Crippen molar-refractivity contribution in [2.45, 2.75) is 117 Å². The molecule has 0 amide bonds. The van der Waals surface area contributed by atoms with E-state index in [2.05, 4.69) is 26.8 Å². The molecule has 0 radical (unpaired) electrons. The molecule has 0 saturated heterocycles. The Morgan fingerprint density at radius 2 is 1.06 bits per heavy atom. The largest absolute Gasteiger partial charge is 0.519 e. The van der Waals surface area contributed by atoms with Crippen molar-refractivity contribution in [3.05, 3.63) is 59.2 Å². The number of carbonyl (C=O) groups is 1. The molecule has 0 N–H and O–H groups in total. The number of hydrogen-bond donors (Lipinski definition) is 0. The Morgan fingerprint density at radius 1 is 0.559 bits per heavy atom. The molecule has 0 saturated carbocycles. The fourth-order valence-electron chi connectivity index (χ4n) is 4.45. The van der Waals surface area contributed by atoms with Gasteiger partial charge in [0, 0.05) is 0 Å². The number of carbonyl (C=O) groups excluding carboxylic acids is 1. The van der Waals surface area contributed by atoms with Gasteiger partial charge in [0.15, 0.2) is 0 Å². The Bertz CT molecular complexity index is 827. The molecule has 0 fully saturated rings. The van der Waals surface area contributed by atoms with Crippen molar-refractivity contribution in [2.75, 3.05) is 0 Å². The van der Waals surface area contributed by atoms with Crippen LogP contribution in [0.2, 0.25) is 0 Å². The van der Waals surface area contributed by atoms with Crippen molar-refractivity contribution < 1.29 is 14.3 Å². The molecule has 0 aliphatic carbocycles. The molecular weight excluding hydrogens is 420 g/mol. The summed E-state index contributed by atoms with van der Waals surface area (Å²) in [7, 11) is 0. The van der Waals surface area contributed by atoms with E-state index in [9.17, 15) is 4.79 Å². The normalized spacial score (nSPS) is 10.9. The van der Waals surface area contributed by atoms with Gasteiger partial charge < -0.3 is 9.47 Å². The summed E-state index contributed by atoms with van der Waals surface area (Å²) in [5.41, 5.74) is 3.56. The molecule has 0 aromatic heterocycles. The van der Waals surface area contributed by atoms with Crippen LogP contribution in [-0.4, -0.2) is 6.16 Å². The number of para-hydroxylation sites is 1. The smallest absolute Gasteiger partial charge is 0.394 e. The van der Waals surface area contributed by atoms with E-state index in [0.717, 1.165) is 37.7 Å². The highest BCUT2D eigenvalue weighted by Crippen LogP contribution is 2.28. The summed E-state index contributed by atoms with van der Waals surface area (Å²) in [5.74, 6) is 1.28. The third-order valence-corrected chi connectivity index (χ3v) is 6.47. The molecule has 0 aliphatic heterocycles. The van der Waals surface area contributed by atoms with Gasteiger partial charge in [-0.2, -0.15) is 0 Å². The van der Waals surface area contributed by atoms with Crippen molar-refractivity contribution in [1.29, 1.82) is 0 Å². The monoisotopic (exact) mass is 466 g/mol. The topological polar surface area (TPSA) is 35.5 Å². The van der Waals surface area contributed by atoms with E-state index in [1.54, 1.807) is 0 Å². The second kappa shape index (κ2) is 17.2. The fraction of sp³-hybridized carbons (Fsp3) is 0.581. The van der Waals surface area contributed by atoms with Gasteiger partial charge in [0.25, 0.3) is 0 Å². The lowest BCUT2D eigenvalue weighted by molar-refractivity contribution is 0.151. The molecule has 0 aliphatic rings. The van der Waals surface area contributed by atoms with Crippen LogP contribution < -0.4 is 9.47 Å². The number of hydrogen-bond acceptors (Lipinski definition) is 3. The molecule has 3 heteroatoms. The molecule has 0 spiro atoms. The van der Waals surface area contributed by atoms with Crippen LogP contribution in [0.3, 0.4) is 0 Å². The molecule has 3 nitrogen and oxygen atoms in total. The Labute approximate surface area is 208 Å². The van der Waals surface area contributed by atoms with Gasteiger partial charge in [-0.15, -0.1) is 0 Å². The molecule has 0 bridgehead atoms. The van der Waals surface area contributed by atoms with Crippen molar-refractivity contribution in [3.8, 4) is 11.5 Å². The van der Waals surface area contributed by atoms with Crippen LogP contribution in [0.5, 0.6) is 11.5 Å². The maximum Gasteiger partial charge on any atom is 0.519 e. The van der Waals surface area contributed by atoms with E-state index < -0.39 is 6.16 Å². The zero-order valence-corrected chi connectivity index (χ0v) is 21.9. The third-order valence-electron chi connectivity index (χ3n) is 6.47. The van der Waals surface area contributed by atoms with E-state index >= 15 is 0 Å². The second-order valence-corrected chi connectivity index (χ2v) is 9.39. The lowest BCUT2D eigenvalue weighted by Crippen LogP contribution is -2.16. The van der Waals surface area contributed by atoms with Gasteiger partial charge in [0.05, 0.1) is 0 Å². The van der Waals surface area contributed by atoms with Gasteiger partial charge in [0.1, 0.15) is 11.5 Å². The van der Waals surface area contributed by atoms with Crippen molar-refractivity contribution in [3.63, 3.8) is 0 Å². The Morgan fingerprint density at radius 3 is 1.71 bits per heavy atom. The highest BCUT2D eigenvalue weighted by atomic mass is 16.7. The molecule has 0 unspecified atom stereocenters. The first-order chi connectivity index (χ1) is 16.7. The van der Waals surface area contributed by atoms with E-state index in [1.807, 2.05) is 36.4 Å². The molecule has 0 heterocycles. The van der Waals surface area contributed by atoms with Crippen LogP contribution >= 0.6 is 0 Å². The Balaban J connectivity index is 2.08. The van der Waals surface area contributed by atoms with Gasteiger partial charge in [-0.1, -0.05) is 109 Å². The van der Waals surface area contributed by atoms with E-state index in [0.29, 0.717) is 11.5 Å². The van der Waals surface area contributed by atoms with Crippen molar-refractivity contribution in [2.24, 2.45) is 0 Å². The minimum absolute atomic E-state index is 0.615. The van der Waals surface area contributed by atoms with Crippen LogP contribution in [0.1, 0.15) is 115 Å². The Kier molecular flexibility index (Phi) is 14.1. The number of ether oxygens (including phenoxy) is 2. The summed E-state index contributed by atoms with van der Waals surface area (Å²) in [6.07, 6.45) is 16.7. The average Bonchev–Trinajstić information content (AvgIpc) is 2.84. The molecule has 2 rings (SSSR count). The number of unbranched alkanes of at least 4 members (excludes halogenated alkanes) is 9. The summed E-state index contributed by atoms with van der Waals surface area (Å²) in [5, 5.41) is 0. The minimum atomic E-state index is -0.640. The number of aryl methyl sites for hydroxylation is 2. The van der Waals surface area contributed by atoms with Crippen LogP contribution in [-0.2, 0) is 19.3 Å². The standard InChI is InChI=1S/C31H46O3/c1-4-7-10-13-19-26-22-18-25-30(28(26)23-15-12-9-6-3)34-31(32)33-29-24-17-16-21-27(29)20-14-11-8-5-2/h16-18,21-22,24-25H,4-15,19-20,23H2,1-3H3. The number of benzene rings is 2. The predicted octanol–water partition coefficient (Wildman–Crippen LogP) is 9.63. The summed E-state index contributed by atoms with van der Waals surface area (Å²) in [4.78, 5) is 12.8. The van der Waals surface area contributed by atoms with Crippen LogP contribution in [0, 0.1) is 0 Å². The third kappa shape index (κ3) is 10.3. The molecule has 2 aromatic carbocycles. The molecule has 2 aromatic rings. The van der Waals surface area contributed by atoms with Crippen molar-refractivity contribution >= 4 is 6.16 Å². The Hall–Kier alpha value is -2.29. The van der Waals surface area contributed by atoms with E-state index in [-0.39, 0.29) is 0 Å². The van der Waals surface area contributed by atoms with Crippen LogP contribution in [0.4, 0.5) is 4.79 Å². The SMILES string of the molecule is CCCCCCc1ccccc1OC(=O)Oc1cccc(CCCCCC)c1CCCCCC. The van der Waals surface area contributed by atoms with Crippen molar-refractivity contribution in [1.82, 2.24) is 0 Å². The summed E-state index contributed by atoms with van der Waals surface area (Å²) in [6, 6.07) is 14.0. The molecule has 188 valence electrons. The first kappa shape index (κ1) is 28.0. The van der Waals surface area contributed by atoms with Gasteiger partial charge in [-0.05, 0) is 67.3 Å². The lowest BCUT2D eigenvalue weighted by atomic mass is 9.96. The van der Waals surface area contributed by atoms with Gasteiger partial charge >= 0.3 is 6.16 Å². The van der Waals surface area contributed by atoms with Gasteiger partial charge in [0.2, 0.25) is 0 Å². The van der Waals surface area contributed by atoms with Crippen LogP contribution in [0.25, 0.3) is 0 Å². The van der Waals surface area contributed by atoms with Crippen LogP contribution in [0.15, 0.2) is 42.5 Å². The maximum atomic E-state index is 12.8. The lowest BCUT2D eigenvalue weighted by Gasteiger charge is -2.16. The highest BCUT2D eigenvalue weighted by Gasteiger charge is 2.16. The molecule has 0 atom stereocenters. The average molecular weight is 467 g/mol. The predicted molar refractivity (Wildman–Crippen MR) is 143 cm³/mol. The van der Waals surface area contributed by atoms with E-state index in [1.165, 1.54) is 75.3 Å². The maximum absolute atomic E-state index is 12.8. The molecule has 34 heavy (non-hydrogen) atoms. The first-order valence-corrected chi connectivity index (χ1v) is 13.8. The molecular formula is C31H46O3. The minimum Gasteiger partial charge on any atom is -0.394 e. The quantitative estimate of drug-likeness (QED) is 0.132. The van der Waals surface area contributed by atoms with Gasteiger partial charge in [-0.25, -0.2) is 4.79 Å². The first-order valence-electron chi connectivity index (χ1n) is 13.8. The zero-order valence-electron chi connectivity index (χ0n) is 21.9. The second-order valence-electron chi connectivity index (χ2n) is 9.39. The summed E-state index contributed by atoms with van der Waals surface area (Å²) in [6.45, 7) is 6.68.